The first-order chi connectivity index (χ1) is 4.76. The van der Waals surface area contributed by atoms with E-state index in [1.165, 1.54) is 0 Å². The molecule has 0 saturated carbocycles. The van der Waals surface area contributed by atoms with Gasteiger partial charge >= 0.3 is 5.97 Å². The van der Waals surface area contributed by atoms with Gasteiger partial charge in [-0.15, -0.1) is 0 Å². The van der Waals surface area contributed by atoms with Gasteiger partial charge in [0.25, 0.3) is 0 Å². The van der Waals surface area contributed by atoms with Gasteiger partial charge in [0.1, 0.15) is 5.57 Å². The third-order valence-corrected chi connectivity index (χ3v) is 0.991. The minimum atomic E-state index is -0.687. The molecule has 0 heterocycles. The molecule has 4 heteroatoms. The van der Waals surface area contributed by atoms with Gasteiger partial charge in [0.05, 0.1) is 6.61 Å². The minimum absolute atomic E-state index is 0.163. The molecular weight excluding hydrogens is 156 g/mol. The van der Waals surface area contributed by atoms with Crippen molar-refractivity contribution in [3.8, 4) is 0 Å². The van der Waals surface area contributed by atoms with Crippen molar-refractivity contribution in [2.75, 3.05) is 6.61 Å². The van der Waals surface area contributed by atoms with E-state index in [4.69, 9.17) is 11.6 Å². The number of ether oxygens (including phenoxy) is 1. The van der Waals surface area contributed by atoms with Crippen LogP contribution in [0.25, 0.3) is 0 Å². The number of esters is 1. The molecule has 3 nitrogen and oxygen atoms in total. The molecule has 0 fully saturated rings. The van der Waals surface area contributed by atoms with E-state index >= 15 is 0 Å². The zero-order valence-corrected chi connectivity index (χ0v) is 6.22. The lowest BCUT2D eigenvalue weighted by Crippen LogP contribution is -2.07. The van der Waals surface area contributed by atoms with E-state index in [-0.39, 0.29) is 12.2 Å². The molecule has 0 unspecified atom stereocenters. The number of carbonyl (C=O) groups excluding carboxylic acids is 2. The predicted octanol–water partition coefficient (Wildman–Crippen LogP) is 0.871. The smallest absolute Gasteiger partial charge is 0.342 e. The Labute approximate surface area is 63.6 Å². The zero-order valence-electron chi connectivity index (χ0n) is 5.46. The lowest BCUT2D eigenvalue weighted by molar-refractivity contribution is -0.139. The van der Waals surface area contributed by atoms with Crippen LogP contribution in [0.15, 0.2) is 11.1 Å². The Balaban J connectivity index is 4.04. The molecule has 0 bridgehead atoms. The molecular formula is C6H7ClO3. The standard InChI is InChI=1S/C6H7ClO3/c1-2-10-6(9)5(3-7)4-8/h3-4H,2H2,1H3/b5-3-. The topological polar surface area (TPSA) is 43.4 Å². The predicted molar refractivity (Wildman–Crippen MR) is 36.6 cm³/mol. The van der Waals surface area contributed by atoms with Crippen molar-refractivity contribution in [1.29, 1.82) is 0 Å². The molecule has 0 aliphatic carbocycles. The molecule has 0 N–H and O–H groups in total. The number of aldehydes is 1. The summed E-state index contributed by atoms with van der Waals surface area (Å²) in [7, 11) is 0. The van der Waals surface area contributed by atoms with Crippen LogP contribution in [-0.2, 0) is 14.3 Å². The van der Waals surface area contributed by atoms with E-state index in [0.717, 1.165) is 5.54 Å². The van der Waals surface area contributed by atoms with Crippen molar-refractivity contribution in [2.45, 2.75) is 6.92 Å². The minimum Gasteiger partial charge on any atom is -0.462 e. The fraction of sp³-hybridized carbons (Fsp3) is 0.333. The summed E-state index contributed by atoms with van der Waals surface area (Å²) >= 11 is 5.10. The average molecular weight is 163 g/mol. The highest BCUT2D eigenvalue weighted by atomic mass is 35.5. The Kier molecular flexibility index (Phi) is 4.58. The Morgan fingerprint density at radius 1 is 1.70 bits per heavy atom. The number of halogens is 1. The molecule has 0 rings (SSSR count). The van der Waals surface area contributed by atoms with E-state index in [9.17, 15) is 9.59 Å². The van der Waals surface area contributed by atoms with Crippen LogP contribution in [0.1, 0.15) is 6.92 Å². The van der Waals surface area contributed by atoms with Gasteiger partial charge in [-0.1, -0.05) is 11.6 Å². The first-order valence-corrected chi connectivity index (χ1v) is 3.12. The van der Waals surface area contributed by atoms with E-state index in [2.05, 4.69) is 4.74 Å². The van der Waals surface area contributed by atoms with Crippen LogP contribution in [-0.4, -0.2) is 18.9 Å². The molecule has 0 saturated heterocycles. The van der Waals surface area contributed by atoms with Gasteiger partial charge in [-0.25, -0.2) is 4.79 Å². The quantitative estimate of drug-likeness (QED) is 0.203. The van der Waals surface area contributed by atoms with Crippen molar-refractivity contribution in [1.82, 2.24) is 0 Å². The summed E-state index contributed by atoms with van der Waals surface area (Å²) in [5.41, 5.74) is 0.730. The average Bonchev–Trinajstić information content (AvgIpc) is 1.91. The Bertz CT molecular complexity index is 162. The zero-order chi connectivity index (χ0) is 7.98. The maximum atomic E-state index is 10.6. The summed E-state index contributed by atoms with van der Waals surface area (Å²) in [4.78, 5) is 20.6. The number of hydrogen-bond acceptors (Lipinski definition) is 3. The van der Waals surface area contributed by atoms with Crippen LogP contribution in [0.2, 0.25) is 0 Å². The Morgan fingerprint density at radius 3 is 2.60 bits per heavy atom. The lowest BCUT2D eigenvalue weighted by Gasteiger charge is -1.96. The van der Waals surface area contributed by atoms with Crippen LogP contribution in [0.4, 0.5) is 0 Å². The normalized spacial score (nSPS) is 10.8. The van der Waals surface area contributed by atoms with Gasteiger partial charge in [-0.2, -0.15) is 0 Å². The van der Waals surface area contributed by atoms with Gasteiger partial charge < -0.3 is 4.74 Å². The van der Waals surface area contributed by atoms with Crippen LogP contribution in [0.5, 0.6) is 0 Å². The largest absolute Gasteiger partial charge is 0.462 e. The molecule has 0 aromatic carbocycles. The second-order valence-corrected chi connectivity index (χ2v) is 1.62. The second kappa shape index (κ2) is 4.99. The highest BCUT2D eigenvalue weighted by molar-refractivity contribution is 6.30. The second-order valence-electron chi connectivity index (χ2n) is 1.40. The van der Waals surface area contributed by atoms with Crippen molar-refractivity contribution < 1.29 is 14.3 Å². The molecule has 0 aromatic rings. The number of rotatable bonds is 3. The first kappa shape index (κ1) is 9.17. The van der Waals surface area contributed by atoms with Crippen LogP contribution in [0, 0.1) is 0 Å². The first-order valence-electron chi connectivity index (χ1n) is 2.69. The molecule has 0 aliphatic rings. The third-order valence-electron chi connectivity index (χ3n) is 0.756. The van der Waals surface area contributed by atoms with E-state index in [1.54, 1.807) is 6.92 Å². The van der Waals surface area contributed by atoms with Crippen molar-refractivity contribution in [3.63, 3.8) is 0 Å². The van der Waals surface area contributed by atoms with Crippen molar-refractivity contribution in [3.05, 3.63) is 11.1 Å². The van der Waals surface area contributed by atoms with Crippen LogP contribution in [0.3, 0.4) is 0 Å². The van der Waals surface area contributed by atoms with Gasteiger partial charge in [-0.3, -0.25) is 4.79 Å². The maximum absolute atomic E-state index is 10.6. The van der Waals surface area contributed by atoms with Gasteiger partial charge in [-0.05, 0) is 6.92 Å². The van der Waals surface area contributed by atoms with Crippen LogP contribution < -0.4 is 0 Å². The van der Waals surface area contributed by atoms with Gasteiger partial charge in [0.15, 0.2) is 6.29 Å². The van der Waals surface area contributed by atoms with Gasteiger partial charge in [0, 0.05) is 5.54 Å². The summed E-state index contributed by atoms with van der Waals surface area (Å²) < 4.78 is 4.46. The summed E-state index contributed by atoms with van der Waals surface area (Å²) in [6, 6.07) is 0. The molecule has 56 valence electrons. The van der Waals surface area contributed by atoms with E-state index < -0.39 is 5.97 Å². The fourth-order valence-corrected chi connectivity index (χ4v) is 0.473. The SMILES string of the molecule is CCOC(=O)/C(C=O)=C\Cl. The summed E-state index contributed by atoms with van der Waals surface area (Å²) in [6.07, 6.45) is 0.352. The summed E-state index contributed by atoms with van der Waals surface area (Å²) in [5.74, 6) is -0.687. The molecule has 0 aromatic heterocycles. The highest BCUT2D eigenvalue weighted by Gasteiger charge is 2.06. The fourth-order valence-electron chi connectivity index (χ4n) is 0.333. The van der Waals surface area contributed by atoms with Crippen molar-refractivity contribution in [2.24, 2.45) is 0 Å². The third kappa shape index (κ3) is 2.64. The lowest BCUT2D eigenvalue weighted by atomic mass is 10.3. The molecule has 10 heavy (non-hydrogen) atoms. The van der Waals surface area contributed by atoms with Crippen LogP contribution >= 0.6 is 11.6 Å². The molecule has 0 aliphatic heterocycles. The Morgan fingerprint density at radius 2 is 2.30 bits per heavy atom. The summed E-state index contributed by atoms with van der Waals surface area (Å²) in [5, 5.41) is 0. The molecule has 0 radical (unpaired) electrons. The van der Waals surface area contributed by atoms with Gasteiger partial charge in [0.2, 0.25) is 0 Å². The molecule has 0 atom stereocenters. The van der Waals surface area contributed by atoms with Crippen molar-refractivity contribution >= 4 is 23.9 Å². The molecule has 0 amide bonds. The Hall–Kier alpha value is -0.830. The maximum Gasteiger partial charge on any atom is 0.342 e. The highest BCUT2D eigenvalue weighted by Crippen LogP contribution is 1.95. The molecule has 0 spiro atoms. The summed E-state index contributed by atoms with van der Waals surface area (Å²) in [6.45, 7) is 1.88. The van der Waals surface area contributed by atoms with E-state index in [1.807, 2.05) is 0 Å². The number of carbonyl (C=O) groups is 2. The number of hydrogen-bond donors (Lipinski definition) is 0. The van der Waals surface area contributed by atoms with E-state index in [0.29, 0.717) is 6.29 Å². The monoisotopic (exact) mass is 162 g/mol.